The highest BCUT2D eigenvalue weighted by molar-refractivity contribution is 7.99. The highest BCUT2D eigenvalue weighted by Crippen LogP contribution is 2.71. The number of fused-ring (bicyclic) bond motifs is 11. The summed E-state index contributed by atoms with van der Waals surface area (Å²) in [6, 6.07) is 7.71. The fraction of sp³-hybridized carbons (Fsp3) is 0.476. The number of nitrogens with one attached hydrogen (secondary N) is 2. The standard InChI is InChI=1S/C42H44N4O10S/c1-18-10-24-27(32(49)33(18)52-5)30-31-37-29-28(36-35(54-17-55-36)19(2)34(29)56-20(3)48)26(46(31)41(51)14-40(24,4)45(30)15-41)13-53-39(50)42(16-57-37)38-23(11-21(12-47)44-42)22-8-6-7-9-25(22)43-38/h6-10,21,26,30-31,37,43-44,47,49,51H,11-17H2,1-5H3/t21-,26+,30-,31-,37-,40?,41?,42-/m1/s1. The van der Waals surface area contributed by atoms with E-state index in [1.165, 1.54) is 18.7 Å². The van der Waals surface area contributed by atoms with E-state index >= 15 is 4.79 Å². The highest BCUT2D eigenvalue weighted by Gasteiger charge is 2.72. The molecule has 1 spiro atoms. The molecule has 8 aliphatic heterocycles. The van der Waals surface area contributed by atoms with Crippen molar-refractivity contribution in [2.45, 2.75) is 86.8 Å². The van der Waals surface area contributed by atoms with Gasteiger partial charge < -0.3 is 44.0 Å². The summed E-state index contributed by atoms with van der Waals surface area (Å²) in [5, 5.41) is 39.9. The zero-order valence-corrected chi connectivity index (χ0v) is 33.0. The molecule has 3 fully saturated rings. The molecule has 12 rings (SSSR count). The average molecular weight is 797 g/mol. The highest BCUT2D eigenvalue weighted by atomic mass is 32.2. The second kappa shape index (κ2) is 11.8. The first kappa shape index (κ1) is 35.6. The van der Waals surface area contributed by atoms with Crippen molar-refractivity contribution in [1.29, 1.82) is 0 Å². The Kier molecular flexibility index (Phi) is 7.37. The van der Waals surface area contributed by atoms with E-state index in [2.05, 4.69) is 33.1 Å². The molecule has 3 aromatic carbocycles. The average Bonchev–Trinajstić information content (AvgIpc) is 3.93. The van der Waals surface area contributed by atoms with Gasteiger partial charge in [0.15, 0.2) is 28.5 Å². The Labute approximate surface area is 332 Å². The van der Waals surface area contributed by atoms with Gasteiger partial charge >= 0.3 is 11.9 Å². The molecule has 1 aromatic heterocycles. The van der Waals surface area contributed by atoms with E-state index in [-0.39, 0.29) is 38.1 Å². The third-order valence-electron chi connectivity index (χ3n) is 13.9. The van der Waals surface area contributed by atoms with Crippen LogP contribution in [0.25, 0.3) is 10.9 Å². The van der Waals surface area contributed by atoms with Gasteiger partial charge in [-0.15, -0.1) is 11.8 Å². The van der Waals surface area contributed by atoms with Crippen molar-refractivity contribution in [2.24, 2.45) is 0 Å². The number of aliphatic hydroxyl groups excluding tert-OH is 1. The molecule has 3 saturated heterocycles. The lowest BCUT2D eigenvalue weighted by molar-refractivity contribution is -0.196. The van der Waals surface area contributed by atoms with Gasteiger partial charge in [0.1, 0.15) is 18.1 Å². The van der Waals surface area contributed by atoms with Gasteiger partial charge in [-0.3, -0.25) is 19.9 Å². The van der Waals surface area contributed by atoms with Gasteiger partial charge in [0, 0.05) is 76.4 Å². The number of benzene rings is 3. The first-order valence-corrected chi connectivity index (χ1v) is 20.5. The Bertz CT molecular complexity index is 2470. The summed E-state index contributed by atoms with van der Waals surface area (Å²) < 4.78 is 30.8. The Morgan fingerprint density at radius 2 is 1.89 bits per heavy atom. The summed E-state index contributed by atoms with van der Waals surface area (Å²) in [6.07, 6.45) is 0.812. The third kappa shape index (κ3) is 4.39. The molecule has 0 radical (unpaired) electrons. The zero-order chi connectivity index (χ0) is 39.5. The van der Waals surface area contributed by atoms with Crippen LogP contribution in [0.1, 0.15) is 82.2 Å². The molecule has 14 nitrogen and oxygen atoms in total. The molecule has 4 bridgehead atoms. The molecule has 57 heavy (non-hydrogen) atoms. The molecule has 0 amide bonds. The van der Waals surface area contributed by atoms with Gasteiger partial charge in [0.25, 0.3) is 0 Å². The van der Waals surface area contributed by atoms with Crippen LogP contribution in [0.15, 0.2) is 30.3 Å². The van der Waals surface area contributed by atoms with E-state index in [1.54, 1.807) is 7.11 Å². The minimum atomic E-state index is -1.42. The second-order valence-electron chi connectivity index (χ2n) is 16.9. The number of methoxy groups -OCH3 is 1. The number of piperazine rings is 1. The van der Waals surface area contributed by atoms with E-state index in [0.717, 1.165) is 33.2 Å². The lowest BCUT2D eigenvalue weighted by Gasteiger charge is -2.59. The van der Waals surface area contributed by atoms with E-state index in [9.17, 15) is 20.1 Å². The Hall–Kier alpha value is -4.51. The first-order chi connectivity index (χ1) is 27.3. The third-order valence-corrected chi connectivity index (χ3v) is 15.3. The van der Waals surface area contributed by atoms with Gasteiger partial charge in [-0.05, 0) is 56.0 Å². The first-order valence-electron chi connectivity index (χ1n) is 19.5. The SMILES string of the molecule is COc1c(C)cc2c(c1O)[C@@H]1[C@@H]3[C@@H]4SC[C@]5(N[C@@H](CO)Cc6c5[nH]c5ccccc65)C(=O)OC[C@@H](c5c6c(c(C)c(OC(C)=O)c54)OCO6)N3C3(O)CN1C2(C)C3. The normalized spacial score (nSPS) is 33.2. The number of aromatic amines is 1. The molecule has 2 unspecified atom stereocenters. The van der Waals surface area contributed by atoms with E-state index < -0.39 is 58.2 Å². The minimum Gasteiger partial charge on any atom is -0.504 e. The Balaban J connectivity index is 1.19. The maximum Gasteiger partial charge on any atom is 0.333 e. The number of aromatic hydroxyl groups is 1. The van der Waals surface area contributed by atoms with Crippen LogP contribution in [0.4, 0.5) is 0 Å². The van der Waals surface area contributed by atoms with Crippen LogP contribution in [0.2, 0.25) is 0 Å². The van der Waals surface area contributed by atoms with Crippen molar-refractivity contribution >= 4 is 34.6 Å². The van der Waals surface area contributed by atoms with E-state index in [0.29, 0.717) is 58.2 Å². The predicted octanol–water partition coefficient (Wildman–Crippen LogP) is 3.99. The summed E-state index contributed by atoms with van der Waals surface area (Å²) in [4.78, 5) is 36.0. The number of nitrogens with zero attached hydrogens (tertiary/aromatic N) is 2. The van der Waals surface area contributed by atoms with E-state index in [4.69, 9.17) is 23.7 Å². The number of rotatable bonds is 3. The zero-order valence-electron chi connectivity index (χ0n) is 32.2. The summed E-state index contributed by atoms with van der Waals surface area (Å²) >= 11 is 1.49. The number of para-hydroxylation sites is 1. The predicted molar refractivity (Wildman–Crippen MR) is 207 cm³/mol. The summed E-state index contributed by atoms with van der Waals surface area (Å²) in [5.74, 6) is 0.805. The van der Waals surface area contributed by atoms with Gasteiger partial charge in [-0.1, -0.05) is 18.2 Å². The molecule has 5 N–H and O–H groups in total. The minimum absolute atomic E-state index is 0.0578. The lowest BCUT2D eigenvalue weighted by Crippen LogP contribution is -2.67. The fourth-order valence-electron chi connectivity index (χ4n) is 11.8. The number of hydrogen-bond donors (Lipinski definition) is 5. The topological polar surface area (TPSA) is 175 Å². The van der Waals surface area contributed by atoms with Crippen molar-refractivity contribution in [2.75, 3.05) is 39.4 Å². The number of carbonyl (C=O) groups is 2. The number of carbonyl (C=O) groups excluding carboxylic acids is 2. The lowest BCUT2D eigenvalue weighted by atomic mass is 9.75. The van der Waals surface area contributed by atoms with Crippen LogP contribution in [-0.2, 0) is 31.8 Å². The Morgan fingerprint density at radius 3 is 2.67 bits per heavy atom. The number of H-pyrrole nitrogens is 1. The number of phenolic OH excluding ortho intramolecular Hbond substituents is 1. The number of hydrogen-bond acceptors (Lipinski definition) is 14. The maximum absolute atomic E-state index is 15.0. The summed E-state index contributed by atoms with van der Waals surface area (Å²) in [5.41, 5.74) is 3.39. The number of thioether (sulfide) groups is 1. The van der Waals surface area contributed by atoms with Crippen LogP contribution in [0.5, 0.6) is 28.7 Å². The van der Waals surface area contributed by atoms with Gasteiger partial charge in [-0.25, -0.2) is 4.79 Å². The van der Waals surface area contributed by atoms with Crippen LogP contribution < -0.4 is 24.3 Å². The van der Waals surface area contributed by atoms with Crippen molar-refractivity contribution in [3.8, 4) is 28.7 Å². The van der Waals surface area contributed by atoms with Gasteiger partial charge in [0.05, 0.1) is 36.7 Å². The van der Waals surface area contributed by atoms with Crippen molar-refractivity contribution in [3.05, 3.63) is 75.0 Å². The number of phenols is 1. The monoisotopic (exact) mass is 796 g/mol. The molecule has 298 valence electrons. The molecule has 9 heterocycles. The fourth-order valence-corrected chi connectivity index (χ4v) is 13.5. The second-order valence-corrected chi connectivity index (χ2v) is 18.0. The molecular formula is C42H44N4O10S. The largest absolute Gasteiger partial charge is 0.504 e. The molecule has 8 aliphatic rings. The Morgan fingerprint density at radius 1 is 1.11 bits per heavy atom. The van der Waals surface area contributed by atoms with Gasteiger partial charge in [0.2, 0.25) is 6.79 Å². The molecule has 0 aliphatic carbocycles. The number of esters is 2. The number of aryl methyl sites for hydroxylation is 1. The van der Waals surface area contributed by atoms with Crippen LogP contribution >= 0.6 is 11.8 Å². The molecule has 4 aromatic rings. The van der Waals surface area contributed by atoms with Crippen molar-refractivity contribution in [1.82, 2.24) is 20.1 Å². The molecule has 0 saturated carbocycles. The molecular weight excluding hydrogens is 753 g/mol. The maximum atomic E-state index is 15.0. The van der Waals surface area contributed by atoms with Crippen LogP contribution in [0, 0.1) is 13.8 Å². The summed E-state index contributed by atoms with van der Waals surface area (Å²) in [6.45, 7) is 7.05. The number of ether oxygens (including phenoxy) is 5. The van der Waals surface area contributed by atoms with E-state index in [1.807, 2.05) is 38.1 Å². The van der Waals surface area contributed by atoms with Gasteiger partial charge in [-0.2, -0.15) is 0 Å². The smallest absolute Gasteiger partial charge is 0.333 e. The van der Waals surface area contributed by atoms with Crippen molar-refractivity contribution in [3.63, 3.8) is 0 Å². The van der Waals surface area contributed by atoms with Crippen LogP contribution in [-0.4, -0.2) is 99.3 Å². The molecule has 15 heteroatoms. The number of aromatic nitrogens is 1. The van der Waals surface area contributed by atoms with Crippen LogP contribution in [0.3, 0.4) is 0 Å². The number of aliphatic hydroxyl groups is 2. The molecule has 8 atom stereocenters. The quantitative estimate of drug-likeness (QED) is 0.149. The summed E-state index contributed by atoms with van der Waals surface area (Å²) in [7, 11) is 1.55. The van der Waals surface area contributed by atoms with Crippen molar-refractivity contribution < 1.29 is 48.6 Å².